The lowest BCUT2D eigenvalue weighted by molar-refractivity contribution is 0.278. The fourth-order valence-electron chi connectivity index (χ4n) is 1.16. The van der Waals surface area contributed by atoms with Gasteiger partial charge in [0.15, 0.2) is 0 Å². The van der Waals surface area contributed by atoms with Gasteiger partial charge in [-0.2, -0.15) is 12.6 Å². The molecule has 1 aliphatic heterocycles. The normalized spacial score (nSPS) is 34.3. The minimum absolute atomic E-state index is 0.390. The molecule has 1 nitrogen and oxygen atoms in total. The first kappa shape index (κ1) is 7.42. The highest BCUT2D eigenvalue weighted by Gasteiger charge is 2.28. The number of hydrogen-bond donors (Lipinski definition) is 2. The molecule has 0 aliphatic carbocycles. The minimum atomic E-state index is 0.390. The molecule has 0 aromatic heterocycles. The van der Waals surface area contributed by atoms with E-state index >= 15 is 0 Å². The van der Waals surface area contributed by atoms with Crippen LogP contribution in [-0.4, -0.2) is 18.3 Å². The van der Waals surface area contributed by atoms with E-state index in [2.05, 4.69) is 31.8 Å². The average Bonchev–Trinajstić information content (AvgIpc) is 1.77. The minimum Gasteiger partial charge on any atom is -0.316 e. The van der Waals surface area contributed by atoms with Gasteiger partial charge in [0, 0.05) is 11.8 Å². The van der Waals surface area contributed by atoms with Gasteiger partial charge >= 0.3 is 0 Å². The number of rotatable bonds is 0. The highest BCUT2D eigenvalue weighted by Crippen LogP contribution is 2.28. The second-order valence-corrected chi connectivity index (χ2v) is 4.09. The summed E-state index contributed by atoms with van der Waals surface area (Å²) in [6.45, 7) is 6.77. The van der Waals surface area contributed by atoms with Crippen LogP contribution in [0.25, 0.3) is 0 Å². The van der Waals surface area contributed by atoms with E-state index in [1.807, 2.05) is 0 Å². The van der Waals surface area contributed by atoms with Gasteiger partial charge in [-0.3, -0.25) is 0 Å². The topological polar surface area (TPSA) is 12.0 Å². The van der Waals surface area contributed by atoms with Crippen molar-refractivity contribution in [3.8, 4) is 0 Å². The van der Waals surface area contributed by atoms with Crippen molar-refractivity contribution in [3.05, 3.63) is 0 Å². The Kier molecular flexibility index (Phi) is 2.07. The molecule has 9 heavy (non-hydrogen) atoms. The van der Waals surface area contributed by atoms with Gasteiger partial charge in [-0.05, 0) is 18.4 Å². The van der Waals surface area contributed by atoms with Crippen molar-refractivity contribution in [1.29, 1.82) is 0 Å². The summed E-state index contributed by atoms with van der Waals surface area (Å²) in [6, 6.07) is 0. The SMILES string of the molecule is CC1(C)CNCC[C@@H]1S. The summed E-state index contributed by atoms with van der Waals surface area (Å²) < 4.78 is 0. The first-order valence-electron chi connectivity index (χ1n) is 3.52. The summed E-state index contributed by atoms with van der Waals surface area (Å²) in [5.74, 6) is 0. The van der Waals surface area contributed by atoms with Crippen LogP contribution in [0.5, 0.6) is 0 Å². The Labute approximate surface area is 62.6 Å². The number of nitrogens with one attached hydrogen (secondary N) is 1. The molecule has 1 rings (SSSR count). The smallest absolute Gasteiger partial charge is 0.00921 e. The Morgan fingerprint density at radius 3 is 2.56 bits per heavy atom. The summed E-state index contributed by atoms with van der Waals surface area (Å²) in [6.07, 6.45) is 1.20. The van der Waals surface area contributed by atoms with Crippen molar-refractivity contribution in [1.82, 2.24) is 5.32 Å². The Morgan fingerprint density at radius 1 is 1.56 bits per heavy atom. The first-order chi connectivity index (χ1) is 4.13. The third kappa shape index (κ3) is 1.62. The zero-order chi connectivity index (χ0) is 6.91. The molecule has 54 valence electrons. The van der Waals surface area contributed by atoms with Crippen molar-refractivity contribution in [2.75, 3.05) is 13.1 Å². The maximum absolute atomic E-state index is 4.50. The fourth-order valence-corrected chi connectivity index (χ4v) is 1.38. The summed E-state index contributed by atoms with van der Waals surface area (Å²) in [7, 11) is 0. The Morgan fingerprint density at radius 2 is 2.22 bits per heavy atom. The van der Waals surface area contributed by atoms with Crippen LogP contribution in [0.4, 0.5) is 0 Å². The van der Waals surface area contributed by atoms with E-state index in [0.717, 1.165) is 13.1 Å². The van der Waals surface area contributed by atoms with E-state index in [0.29, 0.717) is 10.7 Å². The van der Waals surface area contributed by atoms with Crippen LogP contribution in [0.2, 0.25) is 0 Å². The summed E-state index contributed by atoms with van der Waals surface area (Å²) >= 11 is 4.50. The molecule has 1 saturated heterocycles. The van der Waals surface area contributed by atoms with Crippen molar-refractivity contribution in [2.45, 2.75) is 25.5 Å². The molecule has 1 fully saturated rings. The van der Waals surface area contributed by atoms with E-state index in [9.17, 15) is 0 Å². The third-order valence-electron chi connectivity index (χ3n) is 2.08. The molecule has 0 unspecified atom stereocenters. The van der Waals surface area contributed by atoms with E-state index in [-0.39, 0.29) is 0 Å². The molecular formula is C7H15NS. The van der Waals surface area contributed by atoms with Gasteiger partial charge in [0.25, 0.3) is 0 Å². The molecule has 0 bridgehead atoms. The van der Waals surface area contributed by atoms with Crippen LogP contribution in [0.3, 0.4) is 0 Å². The van der Waals surface area contributed by atoms with E-state index in [1.54, 1.807) is 0 Å². The maximum Gasteiger partial charge on any atom is 0.00921 e. The molecular weight excluding hydrogens is 130 g/mol. The quantitative estimate of drug-likeness (QED) is 0.490. The lowest BCUT2D eigenvalue weighted by atomic mass is 9.85. The predicted octanol–water partition coefficient (Wildman–Crippen LogP) is 1.30. The molecule has 2 heteroatoms. The van der Waals surface area contributed by atoms with Crippen LogP contribution in [0.15, 0.2) is 0 Å². The zero-order valence-corrected chi connectivity index (χ0v) is 7.04. The largest absolute Gasteiger partial charge is 0.316 e. The van der Waals surface area contributed by atoms with Crippen molar-refractivity contribution >= 4 is 12.6 Å². The molecule has 0 radical (unpaired) electrons. The predicted molar refractivity (Wildman–Crippen MR) is 44.0 cm³/mol. The molecule has 0 amide bonds. The van der Waals surface area contributed by atoms with Crippen LogP contribution < -0.4 is 5.32 Å². The van der Waals surface area contributed by atoms with Gasteiger partial charge in [0.05, 0.1) is 0 Å². The third-order valence-corrected chi connectivity index (χ3v) is 3.03. The molecule has 0 aromatic carbocycles. The molecule has 0 spiro atoms. The Balaban J connectivity index is 2.49. The number of hydrogen-bond acceptors (Lipinski definition) is 2. The van der Waals surface area contributed by atoms with Gasteiger partial charge < -0.3 is 5.32 Å². The molecule has 1 N–H and O–H groups in total. The standard InChI is InChI=1S/C7H15NS/c1-7(2)5-8-4-3-6(7)9/h6,8-9H,3-5H2,1-2H3/t6-/m0/s1. The fraction of sp³-hybridized carbons (Fsp3) is 1.00. The molecule has 1 atom stereocenters. The van der Waals surface area contributed by atoms with Crippen molar-refractivity contribution in [2.24, 2.45) is 5.41 Å². The van der Waals surface area contributed by atoms with Crippen molar-refractivity contribution < 1.29 is 0 Å². The number of thiol groups is 1. The Hall–Kier alpha value is 0.310. The van der Waals surface area contributed by atoms with Crippen LogP contribution in [-0.2, 0) is 0 Å². The molecule has 0 saturated carbocycles. The van der Waals surface area contributed by atoms with Gasteiger partial charge in [0.2, 0.25) is 0 Å². The van der Waals surface area contributed by atoms with Crippen LogP contribution in [0.1, 0.15) is 20.3 Å². The van der Waals surface area contributed by atoms with Crippen molar-refractivity contribution in [3.63, 3.8) is 0 Å². The van der Waals surface area contributed by atoms with E-state index in [4.69, 9.17) is 0 Å². The second kappa shape index (κ2) is 2.51. The number of piperidine rings is 1. The van der Waals surface area contributed by atoms with Gasteiger partial charge in [-0.1, -0.05) is 13.8 Å². The lowest BCUT2D eigenvalue weighted by Crippen LogP contribution is -2.43. The monoisotopic (exact) mass is 145 g/mol. The van der Waals surface area contributed by atoms with Gasteiger partial charge in [-0.15, -0.1) is 0 Å². The van der Waals surface area contributed by atoms with E-state index in [1.165, 1.54) is 6.42 Å². The zero-order valence-electron chi connectivity index (χ0n) is 6.15. The van der Waals surface area contributed by atoms with Crippen LogP contribution >= 0.6 is 12.6 Å². The average molecular weight is 145 g/mol. The van der Waals surface area contributed by atoms with E-state index < -0.39 is 0 Å². The maximum atomic E-state index is 4.50. The molecule has 0 aromatic rings. The van der Waals surface area contributed by atoms with Gasteiger partial charge in [-0.25, -0.2) is 0 Å². The Bertz CT molecular complexity index is 101. The first-order valence-corrected chi connectivity index (χ1v) is 4.03. The summed E-state index contributed by atoms with van der Waals surface area (Å²) in [5.41, 5.74) is 0.390. The summed E-state index contributed by atoms with van der Waals surface area (Å²) in [5, 5.41) is 3.94. The summed E-state index contributed by atoms with van der Waals surface area (Å²) in [4.78, 5) is 0. The molecule has 1 aliphatic rings. The lowest BCUT2D eigenvalue weighted by Gasteiger charge is -2.35. The second-order valence-electron chi connectivity index (χ2n) is 3.47. The van der Waals surface area contributed by atoms with Crippen LogP contribution in [0, 0.1) is 5.41 Å². The molecule has 1 heterocycles. The van der Waals surface area contributed by atoms with Gasteiger partial charge in [0.1, 0.15) is 0 Å². The highest BCUT2D eigenvalue weighted by molar-refractivity contribution is 7.81. The highest BCUT2D eigenvalue weighted by atomic mass is 32.1.